The largest absolute Gasteiger partial charge is 0.490 e. The van der Waals surface area contributed by atoms with Crippen LogP contribution in [-0.4, -0.2) is 44.8 Å². The number of likely N-dealkylation sites (N-methyl/N-ethyl adjacent to an activating group) is 1. The van der Waals surface area contributed by atoms with Crippen molar-refractivity contribution < 1.29 is 9.47 Å². The Morgan fingerprint density at radius 3 is 2.74 bits per heavy atom. The van der Waals surface area contributed by atoms with E-state index in [-0.39, 0.29) is 0 Å². The molecule has 4 heteroatoms. The molecule has 0 radical (unpaired) electrons. The third kappa shape index (κ3) is 4.40. The van der Waals surface area contributed by atoms with E-state index in [0.29, 0.717) is 0 Å². The van der Waals surface area contributed by atoms with E-state index in [0.717, 1.165) is 63.6 Å². The fraction of sp³-hybridized carbons (Fsp3) is 0.600. The van der Waals surface area contributed by atoms with Crippen molar-refractivity contribution in [2.24, 2.45) is 5.73 Å². The van der Waals surface area contributed by atoms with Gasteiger partial charge in [0.15, 0.2) is 11.5 Å². The van der Waals surface area contributed by atoms with Gasteiger partial charge in [-0.05, 0) is 44.1 Å². The number of nitrogens with zero attached hydrogens (tertiary/aromatic N) is 1. The number of nitrogens with two attached hydrogens (primary N) is 1. The Balaban J connectivity index is 1.86. The van der Waals surface area contributed by atoms with Crippen molar-refractivity contribution in [3.63, 3.8) is 0 Å². The van der Waals surface area contributed by atoms with Crippen LogP contribution >= 0.6 is 0 Å². The molecule has 4 nitrogen and oxygen atoms in total. The lowest BCUT2D eigenvalue weighted by Gasteiger charge is -2.15. The molecule has 1 heterocycles. The van der Waals surface area contributed by atoms with Gasteiger partial charge >= 0.3 is 0 Å². The van der Waals surface area contributed by atoms with Crippen LogP contribution in [0.4, 0.5) is 0 Å². The minimum atomic E-state index is 0.723. The van der Waals surface area contributed by atoms with Crippen molar-refractivity contribution in [3.8, 4) is 11.5 Å². The highest BCUT2D eigenvalue weighted by Crippen LogP contribution is 2.30. The molecule has 1 aliphatic heterocycles. The molecule has 0 unspecified atom stereocenters. The van der Waals surface area contributed by atoms with Gasteiger partial charge in [0.2, 0.25) is 0 Å². The quantitative estimate of drug-likeness (QED) is 0.849. The first-order chi connectivity index (χ1) is 9.29. The van der Waals surface area contributed by atoms with Gasteiger partial charge in [-0.25, -0.2) is 0 Å². The zero-order valence-corrected chi connectivity index (χ0v) is 11.7. The highest BCUT2D eigenvalue weighted by molar-refractivity contribution is 5.43. The molecule has 0 spiro atoms. The molecule has 2 rings (SSSR count). The SMILES string of the molecule is CN(CCN)CCCc1ccc2c(c1)OCCCO2. The van der Waals surface area contributed by atoms with Crippen molar-refractivity contribution >= 4 is 0 Å². The Bertz CT molecular complexity index is 396. The van der Waals surface area contributed by atoms with Crippen LogP contribution in [0.5, 0.6) is 11.5 Å². The topological polar surface area (TPSA) is 47.7 Å². The van der Waals surface area contributed by atoms with Crippen LogP contribution in [0.25, 0.3) is 0 Å². The van der Waals surface area contributed by atoms with Gasteiger partial charge in [0.05, 0.1) is 13.2 Å². The number of ether oxygens (including phenoxy) is 2. The lowest BCUT2D eigenvalue weighted by Crippen LogP contribution is -2.26. The summed E-state index contributed by atoms with van der Waals surface area (Å²) in [6.07, 6.45) is 3.15. The molecule has 106 valence electrons. The van der Waals surface area contributed by atoms with Crippen LogP contribution in [0.3, 0.4) is 0 Å². The molecular formula is C15H24N2O2. The first kappa shape index (κ1) is 14.2. The van der Waals surface area contributed by atoms with Crippen LogP contribution < -0.4 is 15.2 Å². The monoisotopic (exact) mass is 264 g/mol. The molecule has 2 N–H and O–H groups in total. The van der Waals surface area contributed by atoms with E-state index in [2.05, 4.69) is 24.1 Å². The summed E-state index contributed by atoms with van der Waals surface area (Å²) in [6, 6.07) is 6.28. The summed E-state index contributed by atoms with van der Waals surface area (Å²) in [7, 11) is 2.11. The summed E-state index contributed by atoms with van der Waals surface area (Å²) in [6.45, 7) is 4.25. The molecule has 0 bridgehead atoms. The second-order valence-corrected chi connectivity index (χ2v) is 5.03. The van der Waals surface area contributed by atoms with Crippen molar-refractivity contribution in [2.75, 3.05) is 39.9 Å². The van der Waals surface area contributed by atoms with Gasteiger partial charge in [0.25, 0.3) is 0 Å². The molecule has 0 aliphatic carbocycles. The maximum Gasteiger partial charge on any atom is 0.161 e. The van der Waals surface area contributed by atoms with Crippen molar-refractivity contribution in [3.05, 3.63) is 23.8 Å². The van der Waals surface area contributed by atoms with Gasteiger partial charge in [-0.1, -0.05) is 6.07 Å². The predicted molar refractivity (Wildman–Crippen MR) is 76.9 cm³/mol. The van der Waals surface area contributed by atoms with Gasteiger partial charge in [0, 0.05) is 19.5 Å². The Hall–Kier alpha value is -1.26. The van der Waals surface area contributed by atoms with E-state index in [1.54, 1.807) is 0 Å². The second-order valence-electron chi connectivity index (χ2n) is 5.03. The number of aryl methyl sites for hydroxylation is 1. The van der Waals surface area contributed by atoms with Gasteiger partial charge in [-0.3, -0.25) is 0 Å². The van der Waals surface area contributed by atoms with Gasteiger partial charge < -0.3 is 20.1 Å². The second kappa shape index (κ2) is 7.36. The molecule has 0 amide bonds. The van der Waals surface area contributed by atoms with Gasteiger partial charge in [0.1, 0.15) is 0 Å². The summed E-state index contributed by atoms with van der Waals surface area (Å²) >= 11 is 0. The van der Waals surface area contributed by atoms with E-state index in [9.17, 15) is 0 Å². The maximum atomic E-state index is 5.70. The zero-order valence-electron chi connectivity index (χ0n) is 11.7. The molecular weight excluding hydrogens is 240 g/mol. The minimum Gasteiger partial charge on any atom is -0.490 e. The molecule has 1 aliphatic rings. The number of hydrogen-bond acceptors (Lipinski definition) is 4. The number of benzene rings is 1. The zero-order chi connectivity index (χ0) is 13.5. The van der Waals surface area contributed by atoms with Crippen molar-refractivity contribution in [1.29, 1.82) is 0 Å². The van der Waals surface area contributed by atoms with Crippen LogP contribution in [0.1, 0.15) is 18.4 Å². The first-order valence-electron chi connectivity index (χ1n) is 7.07. The third-order valence-electron chi connectivity index (χ3n) is 3.33. The third-order valence-corrected chi connectivity index (χ3v) is 3.33. The lowest BCUT2D eigenvalue weighted by atomic mass is 10.1. The first-order valence-corrected chi connectivity index (χ1v) is 7.07. The highest BCUT2D eigenvalue weighted by Gasteiger charge is 2.10. The lowest BCUT2D eigenvalue weighted by molar-refractivity contribution is 0.297. The van der Waals surface area contributed by atoms with Crippen LogP contribution in [-0.2, 0) is 6.42 Å². The average molecular weight is 264 g/mol. The Morgan fingerprint density at radius 1 is 1.16 bits per heavy atom. The minimum absolute atomic E-state index is 0.723. The summed E-state index contributed by atoms with van der Waals surface area (Å²) in [5, 5.41) is 0. The summed E-state index contributed by atoms with van der Waals surface area (Å²) < 4.78 is 11.3. The molecule has 19 heavy (non-hydrogen) atoms. The fourth-order valence-corrected chi connectivity index (χ4v) is 2.25. The van der Waals surface area contributed by atoms with Gasteiger partial charge in [-0.2, -0.15) is 0 Å². The normalized spacial score (nSPS) is 14.5. The Labute approximate surface area is 115 Å². The molecule has 0 saturated carbocycles. The highest BCUT2D eigenvalue weighted by atomic mass is 16.5. The maximum absolute atomic E-state index is 5.70. The molecule has 0 saturated heterocycles. The van der Waals surface area contributed by atoms with Crippen molar-refractivity contribution in [2.45, 2.75) is 19.3 Å². The fourth-order valence-electron chi connectivity index (χ4n) is 2.25. The molecule has 0 fully saturated rings. The molecule has 0 atom stereocenters. The van der Waals surface area contributed by atoms with Gasteiger partial charge in [-0.15, -0.1) is 0 Å². The van der Waals surface area contributed by atoms with E-state index >= 15 is 0 Å². The summed E-state index contributed by atoms with van der Waals surface area (Å²) in [4.78, 5) is 2.27. The van der Waals surface area contributed by atoms with Crippen LogP contribution in [0, 0.1) is 0 Å². The Kier molecular flexibility index (Phi) is 5.48. The van der Waals surface area contributed by atoms with Crippen LogP contribution in [0.15, 0.2) is 18.2 Å². The summed E-state index contributed by atoms with van der Waals surface area (Å²) in [5.41, 5.74) is 6.84. The number of rotatable bonds is 6. The number of fused-ring (bicyclic) bond motifs is 1. The molecule has 0 aromatic heterocycles. The smallest absolute Gasteiger partial charge is 0.161 e. The predicted octanol–water partition coefficient (Wildman–Crippen LogP) is 1.67. The molecule has 1 aromatic rings. The van der Waals surface area contributed by atoms with E-state index in [4.69, 9.17) is 15.2 Å². The molecule has 1 aromatic carbocycles. The van der Waals surface area contributed by atoms with E-state index in [1.165, 1.54) is 5.56 Å². The van der Waals surface area contributed by atoms with Crippen molar-refractivity contribution in [1.82, 2.24) is 4.90 Å². The van der Waals surface area contributed by atoms with Crippen LogP contribution in [0.2, 0.25) is 0 Å². The summed E-state index contributed by atoms with van der Waals surface area (Å²) in [5.74, 6) is 1.77. The Morgan fingerprint density at radius 2 is 1.95 bits per heavy atom. The van der Waals surface area contributed by atoms with E-state index in [1.807, 2.05) is 6.07 Å². The number of hydrogen-bond donors (Lipinski definition) is 1. The average Bonchev–Trinajstić information content (AvgIpc) is 2.63. The standard InChI is InChI=1S/C15H24N2O2/c1-17(9-7-16)8-2-4-13-5-6-14-15(12-13)19-11-3-10-18-14/h5-6,12H,2-4,7-11,16H2,1H3. The van der Waals surface area contributed by atoms with E-state index < -0.39 is 0 Å².